The highest BCUT2D eigenvalue weighted by Gasteiger charge is 2.19. The third kappa shape index (κ3) is 4.68. The molecule has 4 aromatic rings. The van der Waals surface area contributed by atoms with Crippen molar-refractivity contribution in [1.82, 2.24) is 9.13 Å². The number of ether oxygens (including phenoxy) is 2. The van der Waals surface area contributed by atoms with E-state index >= 15 is 0 Å². The Balaban J connectivity index is 1.86. The summed E-state index contributed by atoms with van der Waals surface area (Å²) in [5, 5.41) is 0.272. The van der Waals surface area contributed by atoms with Gasteiger partial charge in [-0.3, -0.25) is 18.7 Å². The summed E-state index contributed by atoms with van der Waals surface area (Å²) in [5.41, 5.74) is 0.786. The monoisotopic (exact) mass is 522 g/mol. The molecule has 0 bridgehead atoms. The molecule has 0 saturated heterocycles. The zero-order chi connectivity index (χ0) is 24.2. The number of hydrogen-bond donors (Lipinski definition) is 0. The Hall–Kier alpha value is -3.65. The second-order valence-corrected chi connectivity index (χ2v) is 8.63. The van der Waals surface area contributed by atoms with E-state index in [0.29, 0.717) is 29.0 Å². The SMILES string of the molecule is COc1cc2c(=O)n(CCc3ccccc3)c(=O)n(CC(=O)c3ccc(Br)cc3)c2cc1OC. The lowest BCUT2D eigenvalue weighted by molar-refractivity contribution is 0.0971. The lowest BCUT2D eigenvalue weighted by Gasteiger charge is -2.16. The summed E-state index contributed by atoms with van der Waals surface area (Å²) in [6.45, 7) is -0.0451. The number of aryl methyl sites for hydroxylation is 1. The third-order valence-corrected chi connectivity index (χ3v) is 6.19. The molecular weight excluding hydrogens is 500 g/mol. The molecule has 174 valence electrons. The molecule has 1 aromatic heterocycles. The molecule has 0 unspecified atom stereocenters. The van der Waals surface area contributed by atoms with E-state index in [4.69, 9.17) is 9.47 Å². The Kier molecular flexibility index (Phi) is 6.98. The summed E-state index contributed by atoms with van der Waals surface area (Å²) in [7, 11) is 2.95. The summed E-state index contributed by atoms with van der Waals surface area (Å²) >= 11 is 3.36. The number of hydrogen-bond acceptors (Lipinski definition) is 5. The molecule has 4 rings (SSSR count). The highest BCUT2D eigenvalue weighted by molar-refractivity contribution is 9.10. The summed E-state index contributed by atoms with van der Waals surface area (Å²) in [4.78, 5) is 39.9. The number of rotatable bonds is 8. The van der Waals surface area contributed by atoms with E-state index < -0.39 is 11.2 Å². The first kappa shape index (κ1) is 23.5. The Morgan fingerprint density at radius 2 is 1.53 bits per heavy atom. The number of halogens is 1. The molecule has 8 heteroatoms. The minimum atomic E-state index is -0.550. The largest absolute Gasteiger partial charge is 0.493 e. The number of ketones is 1. The van der Waals surface area contributed by atoms with E-state index in [-0.39, 0.29) is 24.3 Å². The fourth-order valence-electron chi connectivity index (χ4n) is 3.85. The second-order valence-electron chi connectivity index (χ2n) is 7.72. The fourth-order valence-corrected chi connectivity index (χ4v) is 4.11. The fraction of sp³-hybridized carbons (Fsp3) is 0.192. The zero-order valence-corrected chi connectivity index (χ0v) is 20.4. The average Bonchev–Trinajstić information content (AvgIpc) is 2.86. The van der Waals surface area contributed by atoms with Crippen LogP contribution in [-0.2, 0) is 19.5 Å². The summed E-state index contributed by atoms with van der Waals surface area (Å²) in [6.07, 6.45) is 0.495. The number of fused-ring (bicyclic) bond motifs is 1. The molecule has 0 fully saturated rings. The first-order valence-corrected chi connectivity index (χ1v) is 11.4. The molecule has 3 aromatic carbocycles. The maximum absolute atomic E-state index is 13.5. The van der Waals surface area contributed by atoms with Crippen molar-refractivity contribution in [1.29, 1.82) is 0 Å². The van der Waals surface area contributed by atoms with Gasteiger partial charge in [0.2, 0.25) is 0 Å². The van der Waals surface area contributed by atoms with Gasteiger partial charge in [-0.2, -0.15) is 0 Å². The van der Waals surface area contributed by atoms with E-state index in [9.17, 15) is 14.4 Å². The van der Waals surface area contributed by atoms with Gasteiger partial charge in [0.1, 0.15) is 0 Å². The van der Waals surface area contributed by atoms with Gasteiger partial charge in [0.15, 0.2) is 17.3 Å². The van der Waals surface area contributed by atoms with Crippen molar-refractivity contribution in [2.45, 2.75) is 19.5 Å². The van der Waals surface area contributed by atoms with Gasteiger partial charge >= 0.3 is 5.69 Å². The normalized spacial score (nSPS) is 10.9. The lowest BCUT2D eigenvalue weighted by Crippen LogP contribution is -2.41. The summed E-state index contributed by atoms with van der Waals surface area (Å²) in [6, 6.07) is 19.6. The van der Waals surface area contributed by atoms with Gasteiger partial charge < -0.3 is 9.47 Å². The molecule has 0 amide bonds. The Bertz CT molecular complexity index is 1460. The van der Waals surface area contributed by atoms with E-state index in [2.05, 4.69) is 15.9 Å². The Morgan fingerprint density at radius 3 is 2.18 bits per heavy atom. The van der Waals surface area contributed by atoms with Crippen LogP contribution in [0.2, 0.25) is 0 Å². The van der Waals surface area contributed by atoms with Gasteiger partial charge in [0.05, 0.1) is 31.7 Å². The second kappa shape index (κ2) is 10.1. The average molecular weight is 523 g/mol. The van der Waals surface area contributed by atoms with Crippen LogP contribution in [0.4, 0.5) is 0 Å². The van der Waals surface area contributed by atoms with Crippen molar-refractivity contribution in [2.75, 3.05) is 14.2 Å². The van der Waals surface area contributed by atoms with Crippen molar-refractivity contribution in [3.05, 3.63) is 103 Å². The first-order valence-electron chi connectivity index (χ1n) is 10.6. The maximum atomic E-state index is 13.5. The van der Waals surface area contributed by atoms with Gasteiger partial charge in [-0.1, -0.05) is 58.4 Å². The minimum absolute atomic E-state index is 0.179. The molecule has 34 heavy (non-hydrogen) atoms. The van der Waals surface area contributed by atoms with Gasteiger partial charge in [-0.25, -0.2) is 4.79 Å². The van der Waals surface area contributed by atoms with Gasteiger partial charge in [0, 0.05) is 22.6 Å². The number of carbonyl (C=O) groups is 1. The van der Waals surface area contributed by atoms with Crippen molar-refractivity contribution in [3.8, 4) is 11.5 Å². The molecule has 0 aliphatic carbocycles. The van der Waals surface area contributed by atoms with Crippen molar-refractivity contribution in [3.63, 3.8) is 0 Å². The van der Waals surface area contributed by atoms with Crippen LogP contribution in [0, 0.1) is 0 Å². The number of Topliss-reactive ketones (excluding diaryl/α,β-unsaturated/α-hetero) is 1. The molecule has 0 aliphatic rings. The molecule has 7 nitrogen and oxygen atoms in total. The van der Waals surface area contributed by atoms with Crippen LogP contribution < -0.4 is 20.7 Å². The molecule has 1 heterocycles. The van der Waals surface area contributed by atoms with Crippen LogP contribution in [0.5, 0.6) is 11.5 Å². The standard InChI is InChI=1S/C26H23BrN2O5/c1-33-23-14-20-21(15-24(23)34-2)29(16-22(30)18-8-10-19(27)11-9-18)26(32)28(25(20)31)13-12-17-6-4-3-5-7-17/h3-11,14-15H,12-13,16H2,1-2H3. The van der Waals surface area contributed by atoms with E-state index in [0.717, 1.165) is 10.0 Å². The van der Waals surface area contributed by atoms with Crippen molar-refractivity contribution in [2.24, 2.45) is 0 Å². The lowest BCUT2D eigenvalue weighted by atomic mass is 10.1. The van der Waals surface area contributed by atoms with E-state index in [1.54, 1.807) is 36.4 Å². The van der Waals surface area contributed by atoms with Crippen LogP contribution >= 0.6 is 15.9 Å². The molecule has 0 spiro atoms. The number of benzene rings is 3. The smallest absolute Gasteiger partial charge is 0.331 e. The predicted octanol–water partition coefficient (Wildman–Crippen LogP) is 4.07. The first-order chi connectivity index (χ1) is 16.4. The van der Waals surface area contributed by atoms with Crippen molar-refractivity contribution >= 4 is 32.6 Å². The van der Waals surface area contributed by atoms with Crippen LogP contribution in [-0.4, -0.2) is 29.1 Å². The Morgan fingerprint density at radius 1 is 0.882 bits per heavy atom. The van der Waals surface area contributed by atoms with Crippen LogP contribution in [0.1, 0.15) is 15.9 Å². The van der Waals surface area contributed by atoms with Crippen LogP contribution in [0.15, 0.2) is 80.8 Å². The Labute approximate surface area is 204 Å². The van der Waals surface area contributed by atoms with Crippen LogP contribution in [0.3, 0.4) is 0 Å². The molecule has 0 N–H and O–H groups in total. The van der Waals surface area contributed by atoms with Crippen LogP contribution in [0.25, 0.3) is 10.9 Å². The van der Waals surface area contributed by atoms with E-state index in [1.165, 1.54) is 23.4 Å². The molecular formula is C26H23BrN2O5. The molecule has 0 radical (unpaired) electrons. The summed E-state index contributed by atoms with van der Waals surface area (Å²) in [5.74, 6) is 0.478. The predicted molar refractivity (Wildman–Crippen MR) is 134 cm³/mol. The maximum Gasteiger partial charge on any atom is 0.331 e. The number of nitrogens with zero attached hydrogens (tertiary/aromatic N) is 2. The number of methoxy groups -OCH3 is 2. The quantitative estimate of drug-likeness (QED) is 0.326. The zero-order valence-electron chi connectivity index (χ0n) is 18.8. The van der Waals surface area contributed by atoms with Gasteiger partial charge in [0.25, 0.3) is 5.56 Å². The number of carbonyl (C=O) groups excluding carboxylic acids is 1. The highest BCUT2D eigenvalue weighted by Crippen LogP contribution is 2.30. The molecule has 0 saturated carbocycles. The topological polar surface area (TPSA) is 79.5 Å². The minimum Gasteiger partial charge on any atom is -0.493 e. The molecule has 0 aliphatic heterocycles. The highest BCUT2D eigenvalue weighted by atomic mass is 79.9. The third-order valence-electron chi connectivity index (χ3n) is 5.66. The van der Waals surface area contributed by atoms with Crippen molar-refractivity contribution < 1.29 is 14.3 Å². The van der Waals surface area contributed by atoms with Gasteiger partial charge in [-0.05, 0) is 30.2 Å². The molecule has 0 atom stereocenters. The van der Waals surface area contributed by atoms with E-state index in [1.807, 2.05) is 30.3 Å². The summed E-state index contributed by atoms with van der Waals surface area (Å²) < 4.78 is 14.1. The number of aromatic nitrogens is 2. The van der Waals surface area contributed by atoms with Gasteiger partial charge in [-0.15, -0.1) is 0 Å².